The minimum atomic E-state index is -0.230. The number of aliphatic imine (C=N–C) groups is 1. The number of amides is 1. The number of carbonyl (C=O) groups is 1. The third-order valence-corrected chi connectivity index (χ3v) is 6.52. The van der Waals surface area contributed by atoms with E-state index in [2.05, 4.69) is 28.1 Å². The van der Waals surface area contributed by atoms with Crippen LogP contribution < -0.4 is 5.32 Å². The third-order valence-electron chi connectivity index (χ3n) is 6.52. The van der Waals surface area contributed by atoms with Crippen LogP contribution in [0, 0.1) is 6.92 Å². The lowest BCUT2D eigenvalue weighted by Crippen LogP contribution is -2.55. The quantitative estimate of drug-likeness (QED) is 0.329. The van der Waals surface area contributed by atoms with Crippen LogP contribution >= 0.6 is 24.0 Å². The maximum Gasteiger partial charge on any atom is 0.251 e. The molecule has 3 aliphatic rings. The highest BCUT2D eigenvalue weighted by Gasteiger charge is 2.31. The molecule has 0 aliphatic carbocycles. The van der Waals surface area contributed by atoms with Crippen molar-refractivity contribution in [3.8, 4) is 0 Å². The summed E-state index contributed by atoms with van der Waals surface area (Å²) in [7, 11) is 0. The van der Waals surface area contributed by atoms with Gasteiger partial charge in [-0.3, -0.25) is 14.7 Å². The fraction of sp³-hybridized carbons (Fsp3) is 0.739. The fourth-order valence-corrected chi connectivity index (χ4v) is 4.78. The number of rotatable bonds is 6. The van der Waals surface area contributed by atoms with Crippen molar-refractivity contribution < 1.29 is 13.9 Å². The molecule has 2 unspecified atom stereocenters. The van der Waals surface area contributed by atoms with E-state index in [1.54, 1.807) is 0 Å². The van der Waals surface area contributed by atoms with Gasteiger partial charge in [-0.05, 0) is 64.8 Å². The highest BCUT2D eigenvalue weighted by molar-refractivity contribution is 14.0. The molecule has 0 radical (unpaired) electrons. The summed E-state index contributed by atoms with van der Waals surface area (Å²) < 4.78 is 11.6. The Balaban J connectivity index is 0.00000289. The van der Waals surface area contributed by atoms with Crippen LogP contribution in [-0.4, -0.2) is 91.6 Å². The van der Waals surface area contributed by atoms with Crippen LogP contribution in [-0.2, 0) is 9.53 Å². The zero-order chi connectivity index (χ0) is 21.6. The second-order valence-electron chi connectivity index (χ2n) is 8.72. The molecule has 9 heteroatoms. The molecule has 1 N–H and O–H groups in total. The molecule has 1 aromatic heterocycles. The Hall–Kier alpha value is -1.33. The lowest BCUT2D eigenvalue weighted by atomic mass is 10.2. The first-order valence-corrected chi connectivity index (χ1v) is 11.9. The first kappa shape index (κ1) is 25.3. The average molecular weight is 559 g/mol. The Morgan fingerprint density at radius 2 is 1.84 bits per heavy atom. The molecule has 32 heavy (non-hydrogen) atoms. The van der Waals surface area contributed by atoms with Crippen molar-refractivity contribution in [1.82, 2.24) is 20.0 Å². The predicted molar refractivity (Wildman–Crippen MR) is 136 cm³/mol. The minimum Gasteiger partial charge on any atom is -0.465 e. The molecule has 180 valence electrons. The van der Waals surface area contributed by atoms with E-state index in [-0.39, 0.29) is 42.0 Å². The third kappa shape index (κ3) is 6.17. The van der Waals surface area contributed by atoms with E-state index >= 15 is 0 Å². The van der Waals surface area contributed by atoms with Gasteiger partial charge in [-0.15, -0.1) is 24.0 Å². The summed E-state index contributed by atoms with van der Waals surface area (Å²) in [4.78, 5) is 24.4. The second kappa shape index (κ2) is 12.2. The monoisotopic (exact) mass is 559 g/mol. The number of hydrogen-bond acceptors (Lipinski definition) is 5. The molecule has 3 aliphatic heterocycles. The topological polar surface area (TPSA) is 73.6 Å². The number of aryl methyl sites for hydroxylation is 1. The molecule has 2 atom stereocenters. The van der Waals surface area contributed by atoms with Gasteiger partial charge in [0.25, 0.3) is 5.91 Å². The number of carbonyl (C=O) groups excluding carboxylic acids is 1. The van der Waals surface area contributed by atoms with Crippen molar-refractivity contribution in [2.75, 3.05) is 59.0 Å². The molecule has 0 aromatic carbocycles. The molecule has 3 saturated heterocycles. The SMILES string of the molecule is CCNC(=NCC(c1ccc(C)o1)N1CCCC1)N1CCN(C(=O)C2CCCO2)CC1.I. The number of halogens is 1. The van der Waals surface area contributed by atoms with Crippen LogP contribution in [0.1, 0.15) is 50.2 Å². The molecule has 1 aromatic rings. The predicted octanol–water partition coefficient (Wildman–Crippen LogP) is 2.63. The van der Waals surface area contributed by atoms with Crippen LogP contribution in [0.5, 0.6) is 0 Å². The summed E-state index contributed by atoms with van der Waals surface area (Å²) in [5.41, 5.74) is 0. The van der Waals surface area contributed by atoms with Gasteiger partial charge in [-0.2, -0.15) is 0 Å². The minimum absolute atomic E-state index is 0. The number of piperazine rings is 1. The van der Waals surface area contributed by atoms with Crippen molar-refractivity contribution in [2.45, 2.75) is 51.7 Å². The van der Waals surface area contributed by atoms with Crippen molar-refractivity contribution in [3.05, 3.63) is 23.7 Å². The normalized spacial score (nSPS) is 23.3. The summed E-state index contributed by atoms with van der Waals surface area (Å²) in [6, 6.07) is 4.31. The highest BCUT2D eigenvalue weighted by Crippen LogP contribution is 2.27. The Morgan fingerprint density at radius 1 is 1.12 bits per heavy atom. The van der Waals surface area contributed by atoms with E-state index in [1.165, 1.54) is 12.8 Å². The first-order chi connectivity index (χ1) is 15.2. The van der Waals surface area contributed by atoms with Gasteiger partial charge in [0, 0.05) is 39.3 Å². The van der Waals surface area contributed by atoms with Gasteiger partial charge >= 0.3 is 0 Å². The van der Waals surface area contributed by atoms with E-state index in [4.69, 9.17) is 14.1 Å². The Labute approximate surface area is 208 Å². The van der Waals surface area contributed by atoms with E-state index in [9.17, 15) is 4.79 Å². The number of ether oxygens (including phenoxy) is 1. The van der Waals surface area contributed by atoms with Crippen LogP contribution in [0.15, 0.2) is 21.5 Å². The molecule has 3 fully saturated rings. The van der Waals surface area contributed by atoms with Gasteiger partial charge in [-0.25, -0.2) is 0 Å². The van der Waals surface area contributed by atoms with E-state index in [0.29, 0.717) is 13.2 Å². The Morgan fingerprint density at radius 3 is 2.44 bits per heavy atom. The second-order valence-corrected chi connectivity index (χ2v) is 8.72. The summed E-state index contributed by atoms with van der Waals surface area (Å²) >= 11 is 0. The average Bonchev–Trinajstić information content (AvgIpc) is 3.56. The van der Waals surface area contributed by atoms with Crippen molar-refractivity contribution in [2.24, 2.45) is 4.99 Å². The largest absolute Gasteiger partial charge is 0.465 e. The van der Waals surface area contributed by atoms with E-state index in [1.807, 2.05) is 17.9 Å². The van der Waals surface area contributed by atoms with Gasteiger partial charge in [0.15, 0.2) is 5.96 Å². The molecular weight excluding hydrogens is 521 g/mol. The van der Waals surface area contributed by atoms with Crippen LogP contribution in [0.4, 0.5) is 0 Å². The van der Waals surface area contributed by atoms with Crippen LogP contribution in [0.2, 0.25) is 0 Å². The Kier molecular flexibility index (Phi) is 9.66. The lowest BCUT2D eigenvalue weighted by Gasteiger charge is -2.37. The van der Waals surface area contributed by atoms with E-state index < -0.39 is 0 Å². The van der Waals surface area contributed by atoms with Gasteiger partial charge in [0.05, 0.1) is 12.6 Å². The van der Waals surface area contributed by atoms with Crippen molar-refractivity contribution in [1.29, 1.82) is 0 Å². The molecule has 0 saturated carbocycles. The molecule has 0 spiro atoms. The summed E-state index contributed by atoms with van der Waals surface area (Å²) in [5, 5.41) is 3.45. The maximum atomic E-state index is 12.6. The summed E-state index contributed by atoms with van der Waals surface area (Å²) in [5.74, 6) is 3.04. The molecule has 4 heterocycles. The maximum absolute atomic E-state index is 12.6. The first-order valence-electron chi connectivity index (χ1n) is 11.9. The number of furan rings is 1. The lowest BCUT2D eigenvalue weighted by molar-refractivity contribution is -0.142. The number of likely N-dealkylation sites (tertiary alicyclic amines) is 1. The molecule has 0 bridgehead atoms. The number of hydrogen-bond donors (Lipinski definition) is 1. The highest BCUT2D eigenvalue weighted by atomic mass is 127. The zero-order valence-electron chi connectivity index (χ0n) is 19.4. The van der Waals surface area contributed by atoms with Crippen molar-refractivity contribution >= 4 is 35.8 Å². The van der Waals surface area contributed by atoms with Gasteiger partial charge in [0.1, 0.15) is 17.6 Å². The van der Waals surface area contributed by atoms with Crippen molar-refractivity contribution in [3.63, 3.8) is 0 Å². The number of guanidine groups is 1. The van der Waals surface area contributed by atoms with Gasteiger partial charge in [-0.1, -0.05) is 0 Å². The van der Waals surface area contributed by atoms with E-state index in [0.717, 1.165) is 76.1 Å². The smallest absolute Gasteiger partial charge is 0.251 e. The molecule has 8 nitrogen and oxygen atoms in total. The van der Waals surface area contributed by atoms with Crippen LogP contribution in [0.3, 0.4) is 0 Å². The zero-order valence-corrected chi connectivity index (χ0v) is 21.8. The summed E-state index contributed by atoms with van der Waals surface area (Å²) in [6.45, 7) is 11.5. The Bertz CT molecular complexity index is 751. The molecule has 1 amide bonds. The van der Waals surface area contributed by atoms with Gasteiger partial charge < -0.3 is 24.3 Å². The standard InChI is InChI=1S/C23H37N5O3.HI/c1-3-24-23(28-14-12-27(13-15-28)22(29)21-7-6-16-30-21)25-17-19(26-10-4-5-11-26)20-9-8-18(2)31-20;/h8-9,19,21H,3-7,10-17H2,1-2H3,(H,24,25);1H. The molecular formula is C23H38IN5O3. The summed E-state index contributed by atoms with van der Waals surface area (Å²) in [6.07, 6.45) is 4.08. The molecule has 4 rings (SSSR count). The van der Waals surface area contributed by atoms with Crippen LogP contribution in [0.25, 0.3) is 0 Å². The number of nitrogens with zero attached hydrogens (tertiary/aromatic N) is 4. The van der Waals surface area contributed by atoms with Gasteiger partial charge in [0.2, 0.25) is 0 Å². The number of nitrogens with one attached hydrogen (secondary N) is 1. The fourth-order valence-electron chi connectivity index (χ4n) is 4.78.